The Morgan fingerprint density at radius 3 is 2.28 bits per heavy atom. The molecule has 186 valence electrons. The van der Waals surface area contributed by atoms with Gasteiger partial charge >= 0.3 is 5.97 Å². The number of aryl methyl sites for hydroxylation is 2. The average Bonchev–Trinajstić information content (AvgIpc) is 3.20. The maximum absolute atomic E-state index is 12.6. The van der Waals surface area contributed by atoms with Gasteiger partial charge in [0.05, 0.1) is 12.6 Å². The molecule has 0 spiro atoms. The number of anilines is 1. The maximum atomic E-state index is 12.6. The van der Waals surface area contributed by atoms with E-state index in [2.05, 4.69) is 24.3 Å². The van der Waals surface area contributed by atoms with Crippen molar-refractivity contribution >= 4 is 34.9 Å². The van der Waals surface area contributed by atoms with E-state index in [4.69, 9.17) is 23.2 Å². The molecule has 0 amide bonds. The Hall–Kier alpha value is -3.28. The summed E-state index contributed by atoms with van der Waals surface area (Å²) in [5, 5.41) is 19.7. The fourth-order valence-electron chi connectivity index (χ4n) is 4.59. The highest BCUT2D eigenvalue weighted by Crippen LogP contribution is 2.38. The minimum absolute atomic E-state index is 0.0154. The molecule has 1 aromatic heterocycles. The molecule has 4 rings (SSSR count). The lowest BCUT2D eigenvalue weighted by atomic mass is 9.89. The molecule has 7 heteroatoms. The second kappa shape index (κ2) is 10.8. The predicted molar refractivity (Wildman–Crippen MR) is 147 cm³/mol. The standard InChI is InChI=1S/C29H29Cl2N3O2/c1-17(2)28-25(27(29(35)36)33-34(28)16-20-8-6-5-7-9-20)26(23-13-12-21(30)14-19(23)4)32-24-15-22(31)11-10-18(24)3/h5-15,17,26,32H,16H2,1-4H3,(H,35,36). The highest BCUT2D eigenvalue weighted by atomic mass is 35.5. The fourth-order valence-corrected chi connectivity index (χ4v) is 4.99. The van der Waals surface area contributed by atoms with Gasteiger partial charge in [-0.2, -0.15) is 5.10 Å². The third kappa shape index (κ3) is 5.43. The average molecular weight is 522 g/mol. The van der Waals surface area contributed by atoms with Gasteiger partial charge in [0.2, 0.25) is 0 Å². The summed E-state index contributed by atoms with van der Waals surface area (Å²) in [5.74, 6) is -1.05. The molecule has 0 saturated heterocycles. The molecule has 0 fully saturated rings. The fraction of sp³-hybridized carbons (Fsp3) is 0.241. The molecule has 1 unspecified atom stereocenters. The molecule has 0 aliphatic carbocycles. The first-order chi connectivity index (χ1) is 17.2. The molecule has 0 bridgehead atoms. The van der Waals surface area contributed by atoms with Crippen LogP contribution in [0.25, 0.3) is 0 Å². The van der Waals surface area contributed by atoms with Crippen LogP contribution in [0.1, 0.15) is 69.8 Å². The van der Waals surface area contributed by atoms with Crippen LogP contribution in [0, 0.1) is 13.8 Å². The van der Waals surface area contributed by atoms with Gasteiger partial charge in [0, 0.05) is 27.0 Å². The molecule has 2 N–H and O–H groups in total. The van der Waals surface area contributed by atoms with Crippen molar-refractivity contribution in [2.45, 2.75) is 46.2 Å². The highest BCUT2D eigenvalue weighted by molar-refractivity contribution is 6.31. The van der Waals surface area contributed by atoms with E-state index in [-0.39, 0.29) is 11.6 Å². The number of carboxylic acid groups (broad SMARTS) is 1. The van der Waals surface area contributed by atoms with Crippen molar-refractivity contribution < 1.29 is 9.90 Å². The van der Waals surface area contributed by atoms with Gasteiger partial charge in [-0.25, -0.2) is 4.79 Å². The molecular formula is C29H29Cl2N3O2. The van der Waals surface area contributed by atoms with E-state index >= 15 is 0 Å². The quantitative estimate of drug-likeness (QED) is 0.247. The van der Waals surface area contributed by atoms with Crippen LogP contribution in [0.5, 0.6) is 0 Å². The largest absolute Gasteiger partial charge is 0.476 e. The van der Waals surface area contributed by atoms with Crippen molar-refractivity contribution in [3.63, 3.8) is 0 Å². The number of halogens is 2. The molecule has 0 saturated carbocycles. The molecular weight excluding hydrogens is 493 g/mol. The first-order valence-electron chi connectivity index (χ1n) is 11.8. The van der Waals surface area contributed by atoms with E-state index < -0.39 is 12.0 Å². The Morgan fingerprint density at radius 2 is 1.64 bits per heavy atom. The monoisotopic (exact) mass is 521 g/mol. The normalized spacial score (nSPS) is 12.1. The summed E-state index contributed by atoms with van der Waals surface area (Å²) in [6, 6.07) is 20.7. The lowest BCUT2D eigenvalue weighted by molar-refractivity contribution is 0.0688. The number of nitrogens with one attached hydrogen (secondary N) is 1. The van der Waals surface area contributed by atoms with E-state index in [1.807, 2.05) is 85.3 Å². The predicted octanol–water partition coefficient (Wildman–Crippen LogP) is 7.88. The molecule has 1 atom stereocenters. The summed E-state index contributed by atoms with van der Waals surface area (Å²) in [6.07, 6.45) is 0. The van der Waals surface area contributed by atoms with Crippen molar-refractivity contribution in [1.29, 1.82) is 0 Å². The molecule has 5 nitrogen and oxygen atoms in total. The lowest BCUT2D eigenvalue weighted by Gasteiger charge is -2.26. The zero-order chi connectivity index (χ0) is 26.0. The summed E-state index contributed by atoms with van der Waals surface area (Å²) in [7, 11) is 0. The van der Waals surface area contributed by atoms with E-state index in [9.17, 15) is 9.90 Å². The number of benzene rings is 3. The first kappa shape index (κ1) is 25.8. The van der Waals surface area contributed by atoms with Gasteiger partial charge in [-0.05, 0) is 66.3 Å². The Balaban J connectivity index is 1.97. The smallest absolute Gasteiger partial charge is 0.356 e. The number of hydrogen-bond acceptors (Lipinski definition) is 3. The molecule has 36 heavy (non-hydrogen) atoms. The van der Waals surface area contributed by atoms with Crippen LogP contribution in [-0.2, 0) is 6.54 Å². The van der Waals surface area contributed by atoms with Crippen LogP contribution in [0.4, 0.5) is 5.69 Å². The third-order valence-corrected chi connectivity index (χ3v) is 6.76. The molecule has 0 aliphatic heterocycles. The minimum Gasteiger partial charge on any atom is -0.476 e. The zero-order valence-electron chi connectivity index (χ0n) is 20.7. The molecule has 3 aromatic carbocycles. The lowest BCUT2D eigenvalue weighted by Crippen LogP contribution is -2.19. The maximum Gasteiger partial charge on any atom is 0.356 e. The third-order valence-electron chi connectivity index (χ3n) is 6.29. The van der Waals surface area contributed by atoms with Gasteiger partial charge in [-0.3, -0.25) is 4.68 Å². The number of aromatic nitrogens is 2. The van der Waals surface area contributed by atoms with Crippen LogP contribution in [-0.4, -0.2) is 20.9 Å². The van der Waals surface area contributed by atoms with Gasteiger partial charge in [0.25, 0.3) is 0 Å². The molecule has 1 heterocycles. The van der Waals surface area contributed by atoms with Gasteiger partial charge in [0.15, 0.2) is 5.69 Å². The van der Waals surface area contributed by atoms with Gasteiger partial charge in [-0.1, -0.05) is 79.5 Å². The first-order valence-corrected chi connectivity index (χ1v) is 12.6. The van der Waals surface area contributed by atoms with Crippen molar-refractivity contribution in [3.05, 3.63) is 116 Å². The van der Waals surface area contributed by atoms with Crippen LogP contribution < -0.4 is 5.32 Å². The number of hydrogen-bond donors (Lipinski definition) is 2. The van der Waals surface area contributed by atoms with Crippen LogP contribution in [0.3, 0.4) is 0 Å². The Bertz CT molecular complexity index is 1400. The highest BCUT2D eigenvalue weighted by Gasteiger charge is 2.32. The summed E-state index contributed by atoms with van der Waals surface area (Å²) in [4.78, 5) is 12.6. The molecule has 0 aliphatic rings. The summed E-state index contributed by atoms with van der Waals surface area (Å²) in [5.41, 5.74) is 6.26. The van der Waals surface area contributed by atoms with E-state index in [1.165, 1.54) is 0 Å². The van der Waals surface area contributed by atoms with Crippen molar-refractivity contribution in [2.75, 3.05) is 5.32 Å². The molecule has 0 radical (unpaired) electrons. The van der Waals surface area contributed by atoms with E-state index in [0.29, 0.717) is 22.2 Å². The Morgan fingerprint density at radius 1 is 0.972 bits per heavy atom. The zero-order valence-corrected chi connectivity index (χ0v) is 22.2. The van der Waals surface area contributed by atoms with Gasteiger partial charge in [0.1, 0.15) is 0 Å². The SMILES string of the molecule is Cc1ccc(Cl)cc1NC(c1ccc(Cl)cc1C)c1c(C(=O)O)nn(Cc2ccccc2)c1C(C)C. The second-order valence-corrected chi connectivity index (χ2v) is 10.2. The number of nitrogens with zero attached hydrogens (tertiary/aromatic N) is 2. The summed E-state index contributed by atoms with van der Waals surface area (Å²) >= 11 is 12.6. The minimum atomic E-state index is -1.07. The molecule has 4 aromatic rings. The van der Waals surface area contributed by atoms with Crippen LogP contribution in [0.2, 0.25) is 10.0 Å². The van der Waals surface area contributed by atoms with Crippen LogP contribution >= 0.6 is 23.2 Å². The summed E-state index contributed by atoms with van der Waals surface area (Å²) < 4.78 is 1.82. The number of carboxylic acids is 1. The topological polar surface area (TPSA) is 67.2 Å². The van der Waals surface area contributed by atoms with E-state index in [1.54, 1.807) is 0 Å². The van der Waals surface area contributed by atoms with Crippen molar-refractivity contribution in [2.24, 2.45) is 0 Å². The Labute approximate surface area is 221 Å². The second-order valence-electron chi connectivity index (χ2n) is 9.29. The van der Waals surface area contributed by atoms with E-state index in [0.717, 1.165) is 33.6 Å². The van der Waals surface area contributed by atoms with Crippen LogP contribution in [0.15, 0.2) is 66.7 Å². The number of aromatic carboxylic acids is 1. The van der Waals surface area contributed by atoms with Crippen molar-refractivity contribution in [3.8, 4) is 0 Å². The number of carbonyl (C=O) groups is 1. The number of rotatable bonds is 8. The summed E-state index contributed by atoms with van der Waals surface area (Å²) in [6.45, 7) is 8.56. The van der Waals surface area contributed by atoms with Gasteiger partial charge in [-0.15, -0.1) is 0 Å². The van der Waals surface area contributed by atoms with Gasteiger partial charge < -0.3 is 10.4 Å². The van der Waals surface area contributed by atoms with Crippen molar-refractivity contribution in [1.82, 2.24) is 9.78 Å². The Kier molecular flexibility index (Phi) is 7.72.